The number of anilines is 1. The first kappa shape index (κ1) is 20.6. The molecule has 1 amide bonds. The number of aromatic nitrogens is 6. The summed E-state index contributed by atoms with van der Waals surface area (Å²) >= 11 is 0. The molecule has 4 aromatic rings. The monoisotopic (exact) mass is 462 g/mol. The van der Waals surface area contributed by atoms with Crippen LogP contribution in [0, 0.1) is 12.8 Å². The van der Waals surface area contributed by atoms with Gasteiger partial charge < -0.3 is 5.32 Å². The molecule has 34 heavy (non-hydrogen) atoms. The molecule has 0 spiro atoms. The Bertz CT molecular complexity index is 1470. The van der Waals surface area contributed by atoms with Gasteiger partial charge in [-0.3, -0.25) is 14.2 Å². The zero-order valence-electron chi connectivity index (χ0n) is 18.2. The van der Waals surface area contributed by atoms with Crippen molar-refractivity contribution in [2.24, 2.45) is 11.0 Å². The number of amides is 1. The Morgan fingerprint density at radius 2 is 2.00 bits per heavy atom. The third-order valence-electron chi connectivity index (χ3n) is 6.17. The van der Waals surface area contributed by atoms with Crippen LogP contribution in [0.3, 0.4) is 0 Å². The lowest BCUT2D eigenvalue weighted by molar-refractivity contribution is -0.117. The third-order valence-corrected chi connectivity index (χ3v) is 6.17. The number of aryl methyl sites for hydroxylation is 2. The predicted molar refractivity (Wildman–Crippen MR) is 120 cm³/mol. The number of halogens is 2. The molecule has 5 heterocycles. The Morgan fingerprint density at radius 1 is 1.15 bits per heavy atom. The van der Waals surface area contributed by atoms with E-state index in [0.29, 0.717) is 17.3 Å². The van der Waals surface area contributed by atoms with Gasteiger partial charge in [0.2, 0.25) is 11.7 Å². The lowest BCUT2D eigenvalue weighted by atomic mass is 10.0. The Balaban J connectivity index is 1.35. The minimum Gasteiger partial charge on any atom is -0.309 e. The number of alkyl halides is 2. The van der Waals surface area contributed by atoms with Gasteiger partial charge in [0.25, 0.3) is 0 Å². The van der Waals surface area contributed by atoms with E-state index in [0.717, 1.165) is 29.5 Å². The van der Waals surface area contributed by atoms with Gasteiger partial charge in [-0.1, -0.05) is 0 Å². The second-order valence-electron chi connectivity index (χ2n) is 8.63. The second kappa shape index (κ2) is 7.51. The largest absolute Gasteiger partial charge is 0.346 e. The SMILES string of the molecule is Cc1ccncc1-c1ccc2nnc(C(F)(F)C3=Nn4cc(NC(=O)C5CC5)nc4CC3)n2c1. The van der Waals surface area contributed by atoms with Crippen molar-refractivity contribution in [3.05, 3.63) is 60.2 Å². The zero-order chi connectivity index (χ0) is 23.4. The van der Waals surface area contributed by atoms with E-state index in [4.69, 9.17) is 0 Å². The van der Waals surface area contributed by atoms with Crippen molar-refractivity contribution >= 4 is 23.1 Å². The van der Waals surface area contributed by atoms with Crippen molar-refractivity contribution in [3.63, 3.8) is 0 Å². The van der Waals surface area contributed by atoms with Gasteiger partial charge in [-0.2, -0.15) is 13.9 Å². The van der Waals surface area contributed by atoms with Crippen molar-refractivity contribution in [2.75, 3.05) is 5.32 Å². The molecule has 0 radical (unpaired) electrons. The van der Waals surface area contributed by atoms with Gasteiger partial charge in [0.1, 0.15) is 11.5 Å². The molecule has 1 aliphatic carbocycles. The maximum Gasteiger partial charge on any atom is 0.346 e. The highest BCUT2D eigenvalue weighted by Gasteiger charge is 2.44. The average molecular weight is 462 g/mol. The fourth-order valence-electron chi connectivity index (χ4n) is 4.09. The average Bonchev–Trinajstić information content (AvgIpc) is 3.47. The molecular weight excluding hydrogens is 442 g/mol. The van der Waals surface area contributed by atoms with Gasteiger partial charge in [-0.05, 0) is 43.5 Å². The molecule has 2 aliphatic rings. The fourth-order valence-corrected chi connectivity index (χ4v) is 4.09. The van der Waals surface area contributed by atoms with Crippen molar-refractivity contribution in [3.8, 4) is 11.1 Å². The molecule has 1 N–H and O–H groups in total. The molecule has 1 saturated carbocycles. The van der Waals surface area contributed by atoms with Crippen LogP contribution in [0.1, 0.15) is 36.5 Å². The van der Waals surface area contributed by atoms with E-state index in [1.54, 1.807) is 24.7 Å². The Morgan fingerprint density at radius 3 is 2.79 bits per heavy atom. The van der Waals surface area contributed by atoms with E-state index in [-0.39, 0.29) is 30.4 Å². The molecule has 6 rings (SSSR count). The van der Waals surface area contributed by atoms with Crippen LogP contribution in [-0.4, -0.2) is 40.9 Å². The summed E-state index contributed by atoms with van der Waals surface area (Å²) in [4.78, 5) is 20.5. The van der Waals surface area contributed by atoms with E-state index in [1.807, 2.05) is 19.1 Å². The maximum absolute atomic E-state index is 15.7. The van der Waals surface area contributed by atoms with Crippen LogP contribution in [0.15, 0.2) is 48.1 Å². The van der Waals surface area contributed by atoms with E-state index < -0.39 is 11.7 Å². The number of hydrogen-bond acceptors (Lipinski definition) is 6. The van der Waals surface area contributed by atoms with Crippen LogP contribution in [0.5, 0.6) is 0 Å². The van der Waals surface area contributed by atoms with E-state index in [2.05, 4.69) is 30.6 Å². The predicted octanol–water partition coefficient (Wildman–Crippen LogP) is 3.59. The van der Waals surface area contributed by atoms with Gasteiger partial charge in [0.15, 0.2) is 11.5 Å². The number of fused-ring (bicyclic) bond motifs is 2. The Kier molecular flexibility index (Phi) is 4.54. The number of carbonyl (C=O) groups is 1. The number of imidazole rings is 1. The molecule has 1 fully saturated rings. The topological polar surface area (TPSA) is 102 Å². The molecule has 0 bridgehead atoms. The number of nitrogens with one attached hydrogen (secondary N) is 1. The molecule has 11 heteroatoms. The van der Waals surface area contributed by atoms with Crippen LogP contribution < -0.4 is 5.32 Å². The van der Waals surface area contributed by atoms with E-state index in [9.17, 15) is 4.79 Å². The minimum atomic E-state index is -3.46. The highest BCUT2D eigenvalue weighted by molar-refractivity contribution is 5.94. The van der Waals surface area contributed by atoms with Crippen LogP contribution in [0.2, 0.25) is 0 Å². The first-order chi connectivity index (χ1) is 16.4. The molecule has 9 nitrogen and oxygen atoms in total. The number of rotatable bonds is 5. The molecule has 0 saturated heterocycles. The number of nitrogens with zero attached hydrogens (tertiary/aromatic N) is 7. The molecule has 0 unspecified atom stereocenters. The molecule has 0 aromatic carbocycles. The summed E-state index contributed by atoms with van der Waals surface area (Å²) in [5, 5.41) is 14.6. The first-order valence-electron chi connectivity index (χ1n) is 11.0. The zero-order valence-corrected chi connectivity index (χ0v) is 18.2. The lowest BCUT2D eigenvalue weighted by Crippen LogP contribution is -2.32. The molecule has 4 aromatic heterocycles. The molecule has 172 valence electrons. The summed E-state index contributed by atoms with van der Waals surface area (Å²) in [6.45, 7) is 1.93. The van der Waals surface area contributed by atoms with E-state index >= 15 is 8.78 Å². The quantitative estimate of drug-likeness (QED) is 0.488. The van der Waals surface area contributed by atoms with Gasteiger partial charge in [-0.25, -0.2) is 9.66 Å². The standard InChI is InChI=1S/C23H20F2N8O/c1-13-8-9-26-10-16(13)15-4-6-20-29-30-22(32(20)11-15)23(24,25)17-5-7-19-27-18(12-33(19)31-17)28-21(34)14-2-3-14/h4,6,8-12,14H,2-3,5,7H2,1H3,(H,28,34). The number of pyridine rings is 2. The molecule has 0 atom stereocenters. The fraction of sp³-hybridized carbons (Fsp3) is 0.304. The Labute approximate surface area is 192 Å². The van der Waals surface area contributed by atoms with E-state index in [1.165, 1.54) is 15.3 Å². The lowest BCUT2D eigenvalue weighted by Gasteiger charge is -2.20. The number of carbonyl (C=O) groups excluding carboxylic acids is 1. The van der Waals surface area contributed by atoms with Gasteiger partial charge in [0.05, 0.1) is 6.20 Å². The van der Waals surface area contributed by atoms with Crippen molar-refractivity contribution in [2.45, 2.75) is 38.5 Å². The summed E-state index contributed by atoms with van der Waals surface area (Å²) in [5.74, 6) is -3.20. The summed E-state index contributed by atoms with van der Waals surface area (Å²) in [6.07, 6.45) is 8.45. The van der Waals surface area contributed by atoms with Crippen LogP contribution in [0.4, 0.5) is 14.6 Å². The van der Waals surface area contributed by atoms with Crippen LogP contribution in [0.25, 0.3) is 16.8 Å². The highest BCUT2D eigenvalue weighted by atomic mass is 19.3. The smallest absolute Gasteiger partial charge is 0.309 e. The number of hydrogen-bond donors (Lipinski definition) is 1. The van der Waals surface area contributed by atoms with Crippen molar-refractivity contribution < 1.29 is 13.6 Å². The van der Waals surface area contributed by atoms with Crippen LogP contribution >= 0.6 is 0 Å². The maximum atomic E-state index is 15.7. The highest BCUT2D eigenvalue weighted by Crippen LogP contribution is 2.34. The normalized spacial score (nSPS) is 15.8. The van der Waals surface area contributed by atoms with Gasteiger partial charge >= 0.3 is 5.92 Å². The van der Waals surface area contributed by atoms with Crippen LogP contribution in [-0.2, 0) is 17.1 Å². The molecular formula is C23H20F2N8O. The minimum absolute atomic E-state index is 0.0103. The summed E-state index contributed by atoms with van der Waals surface area (Å²) in [7, 11) is 0. The van der Waals surface area contributed by atoms with Gasteiger partial charge in [-0.15, -0.1) is 10.2 Å². The van der Waals surface area contributed by atoms with Crippen molar-refractivity contribution in [1.29, 1.82) is 0 Å². The molecule has 1 aliphatic heterocycles. The Hall–Kier alpha value is -4.02. The second-order valence-corrected chi connectivity index (χ2v) is 8.63. The summed E-state index contributed by atoms with van der Waals surface area (Å²) in [5.41, 5.74) is 2.52. The first-order valence-corrected chi connectivity index (χ1v) is 11.0. The van der Waals surface area contributed by atoms with Crippen molar-refractivity contribution in [1.82, 2.24) is 29.2 Å². The summed E-state index contributed by atoms with van der Waals surface area (Å²) in [6, 6.07) is 5.32. The third kappa shape index (κ3) is 3.44. The van der Waals surface area contributed by atoms with Gasteiger partial charge in [0, 0.05) is 48.5 Å². The summed E-state index contributed by atoms with van der Waals surface area (Å²) < 4.78 is 34.0.